The molecule has 0 spiro atoms. The van der Waals surface area contributed by atoms with Gasteiger partial charge in [0.05, 0.1) is 6.26 Å². The maximum atomic E-state index is 12.0. The van der Waals surface area contributed by atoms with Crippen LogP contribution in [0, 0.1) is 0 Å². The van der Waals surface area contributed by atoms with Crippen LogP contribution in [0.2, 0.25) is 0 Å². The number of piperidine rings is 1. The average molecular weight is 212 g/mol. The second-order valence-electron chi connectivity index (χ2n) is 5.56. The third-order valence-corrected chi connectivity index (χ3v) is 2.96. The molecule has 1 saturated heterocycles. The van der Waals surface area contributed by atoms with Crippen LogP contribution in [-0.4, -0.2) is 22.2 Å². The summed E-state index contributed by atoms with van der Waals surface area (Å²) in [6, 6.07) is 0. The molecule has 0 unspecified atom stereocenters. The van der Waals surface area contributed by atoms with E-state index in [2.05, 4.69) is 0 Å². The molecule has 0 amide bonds. The molecule has 0 aromatic heterocycles. The fourth-order valence-electron chi connectivity index (χ4n) is 2.46. The Morgan fingerprint density at radius 3 is 2.07 bits per heavy atom. The van der Waals surface area contributed by atoms with Crippen LogP contribution in [0.25, 0.3) is 0 Å². The van der Waals surface area contributed by atoms with Crippen molar-refractivity contribution < 1.29 is 9.94 Å². The Morgan fingerprint density at radius 1 is 1.20 bits per heavy atom. The summed E-state index contributed by atoms with van der Waals surface area (Å²) >= 11 is 0. The van der Waals surface area contributed by atoms with Crippen molar-refractivity contribution >= 4 is 0 Å². The van der Waals surface area contributed by atoms with Crippen molar-refractivity contribution in [3.8, 4) is 0 Å². The van der Waals surface area contributed by atoms with E-state index in [1.165, 1.54) is 5.06 Å². The van der Waals surface area contributed by atoms with Gasteiger partial charge in [0.25, 0.3) is 0 Å². The van der Waals surface area contributed by atoms with E-state index in [0.717, 1.165) is 12.8 Å². The second kappa shape index (κ2) is 4.14. The highest BCUT2D eigenvalue weighted by molar-refractivity contribution is 4.97. The van der Waals surface area contributed by atoms with Gasteiger partial charge in [-0.25, -0.2) is 0 Å². The van der Waals surface area contributed by atoms with E-state index < -0.39 is 0 Å². The van der Waals surface area contributed by atoms with E-state index >= 15 is 0 Å². The first kappa shape index (κ1) is 12.5. The standard InChI is InChI=1S/C12H22NO2/c1-6-7-15-10-8-11(2,3)13(14)12(4,5)9-10/h6-7,10H,8-9H2,1-5H3/b7-6+. The summed E-state index contributed by atoms with van der Waals surface area (Å²) in [5, 5.41) is 13.2. The molecule has 0 atom stereocenters. The third-order valence-electron chi connectivity index (χ3n) is 2.96. The molecule has 0 aliphatic carbocycles. The van der Waals surface area contributed by atoms with Gasteiger partial charge in [-0.15, -0.1) is 10.3 Å². The van der Waals surface area contributed by atoms with Crippen LogP contribution in [0.15, 0.2) is 12.3 Å². The predicted octanol–water partition coefficient (Wildman–Crippen LogP) is 2.90. The van der Waals surface area contributed by atoms with Gasteiger partial charge in [-0.2, -0.15) is 0 Å². The summed E-state index contributed by atoms with van der Waals surface area (Å²) < 4.78 is 5.61. The Kier molecular flexibility index (Phi) is 3.46. The summed E-state index contributed by atoms with van der Waals surface area (Å²) in [4.78, 5) is 0. The van der Waals surface area contributed by atoms with Gasteiger partial charge in [0.1, 0.15) is 6.10 Å². The first-order chi connectivity index (χ1) is 6.79. The minimum absolute atomic E-state index is 0.149. The number of hydroxylamine groups is 2. The molecule has 1 aliphatic heterocycles. The molecular weight excluding hydrogens is 190 g/mol. The average Bonchev–Trinajstić information content (AvgIpc) is 2.10. The highest BCUT2D eigenvalue weighted by Crippen LogP contribution is 2.38. The molecule has 15 heavy (non-hydrogen) atoms. The fourth-order valence-corrected chi connectivity index (χ4v) is 2.46. The summed E-state index contributed by atoms with van der Waals surface area (Å²) in [6.45, 7) is 9.85. The van der Waals surface area contributed by atoms with Crippen molar-refractivity contribution in [3.05, 3.63) is 12.3 Å². The molecule has 3 heteroatoms. The molecule has 0 aromatic rings. The van der Waals surface area contributed by atoms with Crippen LogP contribution in [-0.2, 0) is 9.94 Å². The van der Waals surface area contributed by atoms with E-state index in [4.69, 9.17) is 4.74 Å². The molecule has 1 aliphatic rings. The number of rotatable bonds is 2. The van der Waals surface area contributed by atoms with Crippen LogP contribution >= 0.6 is 0 Å². The van der Waals surface area contributed by atoms with Crippen LogP contribution in [0.4, 0.5) is 0 Å². The quantitative estimate of drug-likeness (QED) is 0.659. The zero-order valence-corrected chi connectivity index (χ0v) is 10.4. The molecule has 0 bridgehead atoms. The largest absolute Gasteiger partial charge is 0.498 e. The van der Waals surface area contributed by atoms with Gasteiger partial charge in [-0.1, -0.05) is 6.08 Å². The molecule has 1 heterocycles. The third kappa shape index (κ3) is 2.73. The van der Waals surface area contributed by atoms with Crippen molar-refractivity contribution in [1.82, 2.24) is 5.06 Å². The normalized spacial score (nSPS) is 27.1. The molecule has 1 fully saturated rings. The molecule has 0 N–H and O–H groups in total. The van der Waals surface area contributed by atoms with Gasteiger partial charge in [-0.05, 0) is 34.6 Å². The van der Waals surface area contributed by atoms with E-state index in [-0.39, 0.29) is 17.2 Å². The number of allylic oxidation sites excluding steroid dienone is 1. The molecule has 3 nitrogen and oxygen atoms in total. The van der Waals surface area contributed by atoms with Crippen molar-refractivity contribution in [2.75, 3.05) is 0 Å². The Morgan fingerprint density at radius 2 is 1.67 bits per heavy atom. The van der Waals surface area contributed by atoms with Crippen molar-refractivity contribution in [2.45, 2.75) is 64.6 Å². The molecule has 0 saturated carbocycles. The summed E-state index contributed by atoms with van der Waals surface area (Å²) in [6.07, 6.45) is 5.31. The number of hydrogen-bond acceptors (Lipinski definition) is 2. The summed E-state index contributed by atoms with van der Waals surface area (Å²) in [5.41, 5.74) is -0.679. The Balaban J connectivity index is 2.75. The zero-order valence-electron chi connectivity index (χ0n) is 10.4. The van der Waals surface area contributed by atoms with Crippen LogP contribution in [0.5, 0.6) is 0 Å². The van der Waals surface area contributed by atoms with E-state index in [1.54, 1.807) is 6.26 Å². The van der Waals surface area contributed by atoms with Gasteiger partial charge in [-0.3, -0.25) is 0 Å². The second-order valence-corrected chi connectivity index (χ2v) is 5.56. The minimum atomic E-state index is -0.339. The van der Waals surface area contributed by atoms with Crippen LogP contribution < -0.4 is 0 Å². The SMILES string of the molecule is C/C=C/OC1CC(C)(C)N([O])C(C)(C)C1. The number of hydrogen-bond donors (Lipinski definition) is 0. The van der Waals surface area contributed by atoms with Crippen molar-refractivity contribution in [2.24, 2.45) is 0 Å². The molecule has 87 valence electrons. The molecule has 1 rings (SSSR count). The highest BCUT2D eigenvalue weighted by atomic mass is 16.5. The van der Waals surface area contributed by atoms with Gasteiger partial charge < -0.3 is 4.74 Å². The maximum Gasteiger partial charge on any atom is 0.101 e. The Bertz CT molecular complexity index is 228. The highest BCUT2D eigenvalue weighted by Gasteiger charge is 2.46. The van der Waals surface area contributed by atoms with Crippen LogP contribution in [0.3, 0.4) is 0 Å². The van der Waals surface area contributed by atoms with Crippen LogP contribution in [0.1, 0.15) is 47.5 Å². The predicted molar refractivity (Wildman–Crippen MR) is 59.6 cm³/mol. The Labute approximate surface area is 92.7 Å². The molecule has 1 radical (unpaired) electrons. The topological polar surface area (TPSA) is 32.4 Å². The van der Waals surface area contributed by atoms with Crippen molar-refractivity contribution in [3.63, 3.8) is 0 Å². The monoisotopic (exact) mass is 212 g/mol. The van der Waals surface area contributed by atoms with Gasteiger partial charge in [0.15, 0.2) is 0 Å². The lowest BCUT2D eigenvalue weighted by molar-refractivity contribution is -0.298. The first-order valence-corrected chi connectivity index (χ1v) is 5.54. The molecule has 0 aromatic carbocycles. The van der Waals surface area contributed by atoms with E-state index in [1.807, 2.05) is 40.7 Å². The lowest BCUT2D eigenvalue weighted by Gasteiger charge is -2.49. The van der Waals surface area contributed by atoms with E-state index in [0.29, 0.717) is 0 Å². The Hall–Kier alpha value is -0.540. The minimum Gasteiger partial charge on any atom is -0.498 e. The zero-order chi connectivity index (χ0) is 11.7. The van der Waals surface area contributed by atoms with Crippen molar-refractivity contribution in [1.29, 1.82) is 0 Å². The maximum absolute atomic E-state index is 12.0. The van der Waals surface area contributed by atoms with Gasteiger partial charge in [0.2, 0.25) is 0 Å². The summed E-state index contributed by atoms with van der Waals surface area (Å²) in [7, 11) is 0. The number of nitrogens with zero attached hydrogens (tertiary/aromatic N) is 1. The smallest absolute Gasteiger partial charge is 0.101 e. The lowest BCUT2D eigenvalue weighted by Crippen LogP contribution is -2.59. The molecular formula is C12H22NO2. The van der Waals surface area contributed by atoms with Gasteiger partial charge >= 0.3 is 0 Å². The number of ether oxygens (including phenoxy) is 1. The lowest BCUT2D eigenvalue weighted by atomic mass is 9.80. The fraction of sp³-hybridized carbons (Fsp3) is 0.833. The van der Waals surface area contributed by atoms with E-state index in [9.17, 15) is 5.21 Å². The summed E-state index contributed by atoms with van der Waals surface area (Å²) in [5.74, 6) is 0. The van der Waals surface area contributed by atoms with Gasteiger partial charge in [0, 0.05) is 23.9 Å². The first-order valence-electron chi connectivity index (χ1n) is 5.54.